The van der Waals surface area contributed by atoms with Crippen LogP contribution in [-0.2, 0) is 0 Å². The molecule has 4 rings (SSSR count). The zero-order valence-corrected chi connectivity index (χ0v) is 10.2. The molecule has 0 saturated carbocycles. The Morgan fingerprint density at radius 1 is 0.895 bits per heavy atom. The van der Waals surface area contributed by atoms with Gasteiger partial charge in [0.05, 0.1) is 11.2 Å². The number of phenols is 1. The number of para-hydroxylation sites is 1. The minimum Gasteiger partial charge on any atom is -0.508 e. The first-order valence-corrected chi connectivity index (χ1v) is 6.20. The Bertz CT molecular complexity index is 886. The summed E-state index contributed by atoms with van der Waals surface area (Å²) >= 11 is 0. The SMILES string of the molecule is Oc1cccc(-n2c3ccccc3c3cc[nH]c32)c1. The normalized spacial score (nSPS) is 11.4. The molecule has 19 heavy (non-hydrogen) atoms. The van der Waals surface area contributed by atoms with Crippen LogP contribution in [-0.4, -0.2) is 14.7 Å². The van der Waals surface area contributed by atoms with E-state index >= 15 is 0 Å². The van der Waals surface area contributed by atoms with Crippen molar-refractivity contribution in [1.29, 1.82) is 0 Å². The number of nitrogens with zero attached hydrogens (tertiary/aromatic N) is 1. The van der Waals surface area contributed by atoms with Crippen LogP contribution in [0.3, 0.4) is 0 Å². The Morgan fingerprint density at radius 2 is 1.79 bits per heavy atom. The highest BCUT2D eigenvalue weighted by molar-refractivity contribution is 6.08. The lowest BCUT2D eigenvalue weighted by atomic mass is 10.2. The molecule has 2 aromatic carbocycles. The number of aromatic nitrogens is 2. The van der Waals surface area contributed by atoms with Gasteiger partial charge in [0, 0.05) is 23.0 Å². The first kappa shape index (κ1) is 10.3. The highest BCUT2D eigenvalue weighted by Crippen LogP contribution is 2.31. The molecule has 0 aliphatic rings. The maximum Gasteiger partial charge on any atom is 0.123 e. The number of aromatic hydroxyl groups is 1. The van der Waals surface area contributed by atoms with Gasteiger partial charge in [0.2, 0.25) is 0 Å². The fourth-order valence-electron chi connectivity index (χ4n) is 2.68. The van der Waals surface area contributed by atoms with Gasteiger partial charge in [0.25, 0.3) is 0 Å². The fourth-order valence-corrected chi connectivity index (χ4v) is 2.68. The molecule has 0 saturated heterocycles. The van der Waals surface area contributed by atoms with E-state index in [-0.39, 0.29) is 5.75 Å². The molecule has 0 spiro atoms. The lowest BCUT2D eigenvalue weighted by Gasteiger charge is -2.06. The number of benzene rings is 2. The maximum absolute atomic E-state index is 9.68. The summed E-state index contributed by atoms with van der Waals surface area (Å²) in [5.41, 5.74) is 3.13. The predicted octanol–water partition coefficient (Wildman–Crippen LogP) is 3.82. The van der Waals surface area contributed by atoms with Crippen molar-refractivity contribution in [2.24, 2.45) is 0 Å². The van der Waals surface area contributed by atoms with Gasteiger partial charge >= 0.3 is 0 Å². The van der Waals surface area contributed by atoms with Gasteiger partial charge in [-0.05, 0) is 24.3 Å². The minimum atomic E-state index is 0.273. The van der Waals surface area contributed by atoms with E-state index in [1.807, 2.05) is 30.5 Å². The lowest BCUT2D eigenvalue weighted by Crippen LogP contribution is -1.93. The van der Waals surface area contributed by atoms with Gasteiger partial charge in [0.15, 0.2) is 0 Å². The van der Waals surface area contributed by atoms with Crippen LogP contribution < -0.4 is 0 Å². The quantitative estimate of drug-likeness (QED) is 0.528. The monoisotopic (exact) mass is 248 g/mol. The number of phenolic OH excluding ortho intramolecular Hbond substituents is 1. The molecule has 2 N–H and O–H groups in total. The number of rotatable bonds is 1. The molecule has 0 amide bonds. The van der Waals surface area contributed by atoms with Crippen molar-refractivity contribution in [3.05, 3.63) is 60.8 Å². The second kappa shape index (κ2) is 3.65. The van der Waals surface area contributed by atoms with E-state index < -0.39 is 0 Å². The first-order chi connectivity index (χ1) is 9.34. The number of hydrogen-bond donors (Lipinski definition) is 2. The third-order valence-electron chi connectivity index (χ3n) is 3.47. The van der Waals surface area contributed by atoms with Crippen LogP contribution in [0.2, 0.25) is 0 Å². The molecule has 92 valence electrons. The molecule has 3 heteroatoms. The Balaban J connectivity index is 2.19. The standard InChI is InChI=1S/C16H12N2O/c19-12-5-3-4-11(10-12)18-15-7-2-1-6-13(15)14-8-9-17-16(14)18/h1-10,17,19H. The van der Waals surface area contributed by atoms with Crippen molar-refractivity contribution in [2.45, 2.75) is 0 Å². The summed E-state index contributed by atoms with van der Waals surface area (Å²) in [6.07, 6.45) is 1.94. The van der Waals surface area contributed by atoms with Crippen LogP contribution in [0.25, 0.3) is 27.6 Å². The molecule has 0 unspecified atom stereocenters. The molecule has 0 atom stereocenters. The fraction of sp³-hybridized carbons (Fsp3) is 0. The Labute approximate surface area is 109 Å². The summed E-state index contributed by atoms with van der Waals surface area (Å²) in [6, 6.07) is 17.7. The highest BCUT2D eigenvalue weighted by atomic mass is 16.3. The number of fused-ring (bicyclic) bond motifs is 3. The van der Waals surface area contributed by atoms with Crippen molar-refractivity contribution in [3.63, 3.8) is 0 Å². The summed E-state index contributed by atoms with van der Waals surface area (Å²) in [6.45, 7) is 0. The second-order valence-electron chi connectivity index (χ2n) is 4.61. The van der Waals surface area contributed by atoms with E-state index in [1.54, 1.807) is 12.1 Å². The smallest absolute Gasteiger partial charge is 0.123 e. The highest BCUT2D eigenvalue weighted by Gasteiger charge is 2.12. The third kappa shape index (κ3) is 1.38. The van der Waals surface area contributed by atoms with Crippen molar-refractivity contribution < 1.29 is 5.11 Å². The number of nitrogens with one attached hydrogen (secondary N) is 1. The van der Waals surface area contributed by atoms with Gasteiger partial charge in [-0.15, -0.1) is 0 Å². The molecule has 0 radical (unpaired) electrons. The molecule has 4 aromatic rings. The van der Waals surface area contributed by atoms with E-state index in [1.165, 1.54) is 10.8 Å². The van der Waals surface area contributed by atoms with Crippen molar-refractivity contribution in [3.8, 4) is 11.4 Å². The molecule has 0 fully saturated rings. The maximum atomic E-state index is 9.68. The van der Waals surface area contributed by atoms with E-state index in [0.717, 1.165) is 16.9 Å². The average Bonchev–Trinajstić information content (AvgIpc) is 2.98. The first-order valence-electron chi connectivity index (χ1n) is 6.20. The Morgan fingerprint density at radius 3 is 2.68 bits per heavy atom. The zero-order chi connectivity index (χ0) is 12.8. The number of aromatic amines is 1. The molecule has 2 heterocycles. The summed E-state index contributed by atoms with van der Waals surface area (Å²) in [5.74, 6) is 0.273. The van der Waals surface area contributed by atoms with E-state index in [4.69, 9.17) is 0 Å². The summed E-state index contributed by atoms with van der Waals surface area (Å²) < 4.78 is 2.13. The van der Waals surface area contributed by atoms with Crippen LogP contribution in [0.1, 0.15) is 0 Å². The number of hydrogen-bond acceptors (Lipinski definition) is 1. The van der Waals surface area contributed by atoms with E-state index in [0.29, 0.717) is 0 Å². The largest absolute Gasteiger partial charge is 0.508 e. The van der Waals surface area contributed by atoms with Crippen molar-refractivity contribution >= 4 is 21.9 Å². The Hall–Kier alpha value is -2.68. The van der Waals surface area contributed by atoms with Crippen LogP contribution in [0.15, 0.2) is 60.8 Å². The second-order valence-corrected chi connectivity index (χ2v) is 4.61. The number of H-pyrrole nitrogens is 1. The van der Waals surface area contributed by atoms with Crippen LogP contribution in [0, 0.1) is 0 Å². The Kier molecular flexibility index (Phi) is 1.97. The summed E-state index contributed by atoms with van der Waals surface area (Å²) in [5, 5.41) is 12.1. The minimum absolute atomic E-state index is 0.273. The van der Waals surface area contributed by atoms with Crippen LogP contribution in [0.5, 0.6) is 5.75 Å². The van der Waals surface area contributed by atoms with Gasteiger partial charge in [-0.25, -0.2) is 0 Å². The van der Waals surface area contributed by atoms with E-state index in [9.17, 15) is 5.11 Å². The van der Waals surface area contributed by atoms with E-state index in [2.05, 4.69) is 27.8 Å². The zero-order valence-electron chi connectivity index (χ0n) is 10.2. The summed E-state index contributed by atoms with van der Waals surface area (Å²) in [7, 11) is 0. The topological polar surface area (TPSA) is 41.0 Å². The van der Waals surface area contributed by atoms with Gasteiger partial charge < -0.3 is 10.1 Å². The van der Waals surface area contributed by atoms with Gasteiger partial charge in [-0.2, -0.15) is 0 Å². The van der Waals surface area contributed by atoms with Crippen LogP contribution >= 0.6 is 0 Å². The molecule has 0 aliphatic carbocycles. The molecule has 0 aliphatic heterocycles. The van der Waals surface area contributed by atoms with Gasteiger partial charge in [0.1, 0.15) is 11.4 Å². The van der Waals surface area contributed by atoms with Crippen LogP contribution in [0.4, 0.5) is 0 Å². The molecular weight excluding hydrogens is 236 g/mol. The van der Waals surface area contributed by atoms with Crippen molar-refractivity contribution in [2.75, 3.05) is 0 Å². The third-order valence-corrected chi connectivity index (χ3v) is 3.47. The molecule has 3 nitrogen and oxygen atoms in total. The van der Waals surface area contributed by atoms with Crippen molar-refractivity contribution in [1.82, 2.24) is 9.55 Å². The molecule has 2 aromatic heterocycles. The summed E-state index contributed by atoms with van der Waals surface area (Å²) in [4.78, 5) is 3.28. The predicted molar refractivity (Wildman–Crippen MR) is 76.8 cm³/mol. The molecular formula is C16H12N2O. The van der Waals surface area contributed by atoms with Gasteiger partial charge in [-0.1, -0.05) is 24.3 Å². The van der Waals surface area contributed by atoms with Gasteiger partial charge in [-0.3, -0.25) is 4.57 Å². The average molecular weight is 248 g/mol. The lowest BCUT2D eigenvalue weighted by molar-refractivity contribution is 0.475. The molecule has 0 bridgehead atoms.